The highest BCUT2D eigenvalue weighted by atomic mass is 27.2. The highest BCUT2D eigenvalue weighted by Crippen LogP contribution is 2.19. The molecule has 2 nitrogen and oxygen atoms in total. The molecule has 2 aromatic carbocycles. The summed E-state index contributed by atoms with van der Waals surface area (Å²) in [6, 6.07) is 15.8. The van der Waals surface area contributed by atoms with Crippen LogP contribution in [0.4, 0.5) is 0 Å². The van der Waals surface area contributed by atoms with Gasteiger partial charge in [-0.1, -0.05) is 35.8 Å². The first-order chi connectivity index (χ1) is 8.70. The molecule has 1 aromatic heterocycles. The van der Waals surface area contributed by atoms with E-state index in [1.54, 1.807) is 0 Å². The van der Waals surface area contributed by atoms with Crippen molar-refractivity contribution >= 4 is 36.2 Å². The maximum absolute atomic E-state index is 12.5. The molecule has 0 fully saturated rings. The van der Waals surface area contributed by atoms with E-state index < -0.39 is 14.4 Å². The third kappa shape index (κ3) is 1.60. The molecule has 0 aliphatic carbocycles. The normalized spacial score (nSPS) is 11.0. The molecule has 0 saturated carbocycles. The lowest BCUT2D eigenvalue weighted by Gasteiger charge is -2.16. The average Bonchev–Trinajstić information content (AvgIpc) is 2.39. The van der Waals surface area contributed by atoms with E-state index in [0.29, 0.717) is 0 Å². The van der Waals surface area contributed by atoms with Crippen molar-refractivity contribution in [2.75, 3.05) is 0 Å². The van der Waals surface area contributed by atoms with E-state index in [4.69, 9.17) is 0 Å². The third-order valence-electron chi connectivity index (χ3n) is 3.33. The van der Waals surface area contributed by atoms with Crippen LogP contribution in [0.25, 0.3) is 21.8 Å². The van der Waals surface area contributed by atoms with Gasteiger partial charge in [-0.2, -0.15) is 0 Å². The van der Waals surface area contributed by atoms with Gasteiger partial charge in [-0.05, 0) is 24.3 Å². The van der Waals surface area contributed by atoms with Gasteiger partial charge in [0.25, 0.3) is 0 Å². The fourth-order valence-corrected chi connectivity index (χ4v) is 4.15. The zero-order valence-electron chi connectivity index (χ0n) is 10.6. The Balaban J connectivity index is 2.68. The molecule has 18 heavy (non-hydrogen) atoms. The van der Waals surface area contributed by atoms with Gasteiger partial charge < -0.3 is 3.55 Å². The van der Waals surface area contributed by atoms with Gasteiger partial charge in [0, 0.05) is 21.8 Å². The largest absolute Gasteiger partial charge is 0.433 e. The summed E-state index contributed by atoms with van der Waals surface area (Å²) in [5, 5.41) is 1.66. The summed E-state index contributed by atoms with van der Waals surface area (Å²) in [4.78, 5) is 12.5. The monoisotopic (exact) mass is 251 g/mol. The number of hydrogen-bond donors (Lipinski definition) is 0. The van der Waals surface area contributed by atoms with Crippen LogP contribution in [0, 0.1) is 0 Å². The summed E-state index contributed by atoms with van der Waals surface area (Å²) in [5.74, 6) is 4.56. The smallest absolute Gasteiger partial charge is 0.412 e. The molecule has 0 aliphatic heterocycles. The van der Waals surface area contributed by atoms with E-state index in [2.05, 4.69) is 27.3 Å². The number of aromatic nitrogens is 1. The highest BCUT2D eigenvalue weighted by molar-refractivity contribution is 6.56. The molecule has 0 amide bonds. The van der Waals surface area contributed by atoms with Gasteiger partial charge in [-0.25, -0.2) is 0 Å². The highest BCUT2D eigenvalue weighted by Gasteiger charge is 2.14. The molecule has 3 heteroatoms. The van der Waals surface area contributed by atoms with Crippen molar-refractivity contribution in [1.82, 2.24) is 3.55 Å². The number of hydrogen-bond acceptors (Lipinski definition) is 1. The Kier molecular flexibility index (Phi) is 2.74. The van der Waals surface area contributed by atoms with E-state index in [-0.39, 0.29) is 5.43 Å². The van der Waals surface area contributed by atoms with Crippen LogP contribution in [0.5, 0.6) is 0 Å². The Hall–Kier alpha value is -1.56. The van der Waals surface area contributed by atoms with E-state index in [9.17, 15) is 4.79 Å². The standard InChI is InChI=1S/C13H9NO.2CH3.Al/c15-13-9-5-1-3-7-11(9)14-12-8-4-2-6-10(12)13;;;/h1-8H,(H,14,15);2*1H3;/q;;;+1/p-1. The molecule has 3 rings (SSSR count). The van der Waals surface area contributed by atoms with Gasteiger partial charge >= 0.3 is 14.4 Å². The Bertz CT molecular complexity index is 729. The molecule has 0 N–H and O–H groups in total. The van der Waals surface area contributed by atoms with Crippen LogP contribution in [0.1, 0.15) is 0 Å². The first kappa shape index (κ1) is 11.5. The fraction of sp³-hybridized carbons (Fsp3) is 0.133. The van der Waals surface area contributed by atoms with Gasteiger partial charge in [0.2, 0.25) is 0 Å². The van der Waals surface area contributed by atoms with E-state index in [1.807, 2.05) is 36.4 Å². The van der Waals surface area contributed by atoms with Gasteiger partial charge in [0.05, 0.1) is 0 Å². The van der Waals surface area contributed by atoms with E-state index >= 15 is 0 Å². The summed E-state index contributed by atoms with van der Waals surface area (Å²) in [7, 11) is 0. The van der Waals surface area contributed by atoms with Crippen LogP contribution in [-0.4, -0.2) is 17.9 Å². The molecule has 0 bridgehead atoms. The lowest BCUT2D eigenvalue weighted by Crippen LogP contribution is -2.21. The summed E-state index contributed by atoms with van der Waals surface area (Å²) in [6.45, 7) is 0. The summed E-state index contributed by atoms with van der Waals surface area (Å²) < 4.78 is 2.37. The molecule has 0 saturated heterocycles. The van der Waals surface area contributed by atoms with Crippen LogP contribution in [0.15, 0.2) is 53.3 Å². The van der Waals surface area contributed by atoms with Crippen LogP contribution >= 0.6 is 0 Å². The van der Waals surface area contributed by atoms with Crippen LogP contribution in [0.3, 0.4) is 0 Å². The molecule has 0 spiro atoms. The molecular formula is C15H14AlNO. The number of pyridine rings is 1. The topological polar surface area (TPSA) is 22.0 Å². The second-order valence-electron chi connectivity index (χ2n) is 4.83. The molecule has 0 radical (unpaired) electrons. The number of rotatable bonds is 1. The number of para-hydroxylation sites is 2. The summed E-state index contributed by atoms with van der Waals surface area (Å²) in [5.41, 5.74) is 2.29. The Morgan fingerprint density at radius 1 is 0.833 bits per heavy atom. The predicted octanol–water partition coefficient (Wildman–Crippen LogP) is 3.25. The van der Waals surface area contributed by atoms with Gasteiger partial charge in [0.15, 0.2) is 5.43 Å². The quantitative estimate of drug-likeness (QED) is 0.480. The lowest BCUT2D eigenvalue weighted by atomic mass is 10.1. The molecule has 1 heterocycles. The van der Waals surface area contributed by atoms with Crippen molar-refractivity contribution in [3.63, 3.8) is 0 Å². The van der Waals surface area contributed by atoms with Crippen LogP contribution in [-0.2, 0) is 0 Å². The zero-order valence-corrected chi connectivity index (χ0v) is 11.7. The predicted molar refractivity (Wildman–Crippen MR) is 78.6 cm³/mol. The molecular weight excluding hydrogens is 237 g/mol. The Morgan fingerprint density at radius 3 is 1.72 bits per heavy atom. The maximum atomic E-state index is 12.5. The van der Waals surface area contributed by atoms with E-state index in [0.717, 1.165) is 21.8 Å². The van der Waals surface area contributed by atoms with Crippen molar-refractivity contribution < 1.29 is 0 Å². The first-order valence-electron chi connectivity index (χ1n) is 6.22. The van der Waals surface area contributed by atoms with Crippen molar-refractivity contribution in [2.45, 2.75) is 11.6 Å². The summed E-state index contributed by atoms with van der Waals surface area (Å²) in [6.07, 6.45) is 0. The van der Waals surface area contributed by atoms with Crippen molar-refractivity contribution in [3.05, 3.63) is 58.8 Å². The lowest BCUT2D eigenvalue weighted by molar-refractivity contribution is 1.29. The van der Waals surface area contributed by atoms with E-state index in [1.165, 1.54) is 0 Å². The number of nitrogens with zero attached hydrogens (tertiary/aromatic N) is 1. The minimum absolute atomic E-state index is 0.145. The molecule has 0 aliphatic rings. The van der Waals surface area contributed by atoms with Crippen LogP contribution in [0.2, 0.25) is 11.6 Å². The van der Waals surface area contributed by atoms with Gasteiger partial charge in [-0.15, -0.1) is 0 Å². The Labute approximate surface area is 110 Å². The fourth-order valence-electron chi connectivity index (χ4n) is 2.58. The first-order valence-corrected chi connectivity index (χ1v) is 9.04. The SMILES string of the molecule is [CH3][Al]([CH3])[n]1c2ccccc2c(=O)c2ccccc21. The number of benzene rings is 2. The second kappa shape index (κ2) is 4.28. The minimum atomic E-state index is -1.07. The van der Waals surface area contributed by atoms with Gasteiger partial charge in [0.1, 0.15) is 0 Å². The molecule has 0 unspecified atom stereocenters. The van der Waals surface area contributed by atoms with Gasteiger partial charge in [-0.3, -0.25) is 4.79 Å². The molecule has 88 valence electrons. The average molecular weight is 251 g/mol. The number of fused-ring (bicyclic) bond motifs is 2. The van der Waals surface area contributed by atoms with Crippen molar-refractivity contribution in [1.29, 1.82) is 0 Å². The van der Waals surface area contributed by atoms with Crippen LogP contribution < -0.4 is 5.43 Å². The minimum Gasteiger partial charge on any atom is -0.433 e. The second-order valence-corrected chi connectivity index (χ2v) is 7.53. The van der Waals surface area contributed by atoms with Crippen molar-refractivity contribution in [2.24, 2.45) is 0 Å². The molecule has 0 atom stereocenters. The third-order valence-corrected chi connectivity index (χ3v) is 4.92. The maximum Gasteiger partial charge on any atom is 0.412 e. The Morgan fingerprint density at radius 2 is 1.28 bits per heavy atom. The zero-order chi connectivity index (χ0) is 12.7. The summed E-state index contributed by atoms with van der Waals surface area (Å²) >= 11 is -1.07. The van der Waals surface area contributed by atoms with Crippen molar-refractivity contribution in [3.8, 4) is 0 Å². The molecule has 3 aromatic rings.